The lowest BCUT2D eigenvalue weighted by atomic mass is 10.4. The molecule has 2 aliphatic heterocycles. The van der Waals surface area contributed by atoms with Crippen molar-refractivity contribution in [2.24, 2.45) is 0 Å². The number of benzene rings is 1. The molecule has 6 nitrogen and oxygen atoms in total. The maximum atomic E-state index is 7.02. The Morgan fingerprint density at radius 2 is 1.19 bits per heavy atom. The Bertz CT molecular complexity index is 644. The van der Waals surface area contributed by atoms with Crippen LogP contribution in [-0.2, 0) is 27.2 Å². The summed E-state index contributed by atoms with van der Waals surface area (Å²) in [5, 5.41) is 1.23. The second-order valence-corrected chi connectivity index (χ2v) is 22.4. The molecule has 9 heteroatoms. The van der Waals surface area contributed by atoms with Crippen molar-refractivity contribution in [1.29, 1.82) is 0 Å². The zero-order valence-electron chi connectivity index (χ0n) is 20.6. The van der Waals surface area contributed by atoms with Crippen molar-refractivity contribution in [2.75, 3.05) is 39.6 Å². The van der Waals surface area contributed by atoms with Crippen molar-refractivity contribution >= 4 is 30.4 Å². The van der Waals surface area contributed by atoms with Gasteiger partial charge in [0, 0.05) is 13.2 Å². The van der Waals surface area contributed by atoms with Gasteiger partial charge in [-0.25, -0.2) is 0 Å². The van der Waals surface area contributed by atoms with Gasteiger partial charge in [0.2, 0.25) is 0 Å². The molecule has 0 amide bonds. The summed E-state index contributed by atoms with van der Waals surface area (Å²) in [6, 6.07) is 12.7. The average molecular weight is 499 g/mol. The summed E-state index contributed by atoms with van der Waals surface area (Å²) in [6.45, 7) is 16.2. The van der Waals surface area contributed by atoms with Crippen LogP contribution in [0.5, 0.6) is 0 Å². The zero-order valence-corrected chi connectivity index (χ0v) is 23.6. The molecule has 0 radical (unpaired) electrons. The highest BCUT2D eigenvalue weighted by Crippen LogP contribution is 2.26. The summed E-state index contributed by atoms with van der Waals surface area (Å²) in [6.07, 6.45) is 2.71. The lowest BCUT2D eigenvalue weighted by Crippen LogP contribution is -2.61. The fourth-order valence-electron chi connectivity index (χ4n) is 3.99. The van der Waals surface area contributed by atoms with Gasteiger partial charge in [0.1, 0.15) is 12.2 Å². The van der Waals surface area contributed by atoms with E-state index in [4.69, 9.17) is 27.2 Å². The quantitative estimate of drug-likeness (QED) is 0.184. The van der Waals surface area contributed by atoms with Crippen molar-refractivity contribution in [3.05, 3.63) is 30.3 Å². The Morgan fingerprint density at radius 1 is 0.750 bits per heavy atom. The molecule has 0 N–H and O–H groups in total. The largest absolute Gasteiger partial charge is 0.433 e. The maximum absolute atomic E-state index is 7.02. The average Bonchev–Trinajstić information content (AvgIpc) is 3.62. The van der Waals surface area contributed by atoms with Crippen LogP contribution < -0.4 is 5.19 Å². The molecular formula is C23H42O6Si3. The standard InChI is InChI=1S/C23H42O6Si3/c1-30(2,15-9-13-24-17-21-19-26-21)28-32(5,23-11-7-6-8-12-23)29-31(3,4)16-10-14-25-18-22-20-27-22/h6-8,11-12,21-22H,9-10,13-20H2,1-5H3/t21-,22+,32?. The van der Waals surface area contributed by atoms with E-state index < -0.39 is 25.2 Å². The predicted octanol–water partition coefficient (Wildman–Crippen LogP) is 4.02. The third kappa shape index (κ3) is 9.86. The molecule has 182 valence electrons. The van der Waals surface area contributed by atoms with E-state index in [0.717, 1.165) is 64.6 Å². The van der Waals surface area contributed by atoms with Gasteiger partial charge in [0.05, 0.1) is 26.4 Å². The number of ether oxygens (including phenoxy) is 4. The summed E-state index contributed by atoms with van der Waals surface area (Å²) in [5.41, 5.74) is 0. The molecule has 2 heterocycles. The highest BCUT2D eigenvalue weighted by atomic mass is 28.5. The minimum Gasteiger partial charge on any atom is -0.433 e. The van der Waals surface area contributed by atoms with Gasteiger partial charge in [0.25, 0.3) is 0 Å². The molecule has 0 bridgehead atoms. The van der Waals surface area contributed by atoms with Gasteiger partial charge in [-0.05, 0) is 62.9 Å². The minimum absolute atomic E-state index is 0.332. The van der Waals surface area contributed by atoms with E-state index >= 15 is 0 Å². The first-order chi connectivity index (χ1) is 15.2. The SMILES string of the molecule is C[Si](C)(CCCOC[C@@H]1CO1)O[Si](C)(O[Si](C)(C)CCCOC[C@H]1CO1)c1ccccc1. The molecule has 1 aromatic rings. The first-order valence-corrected chi connectivity index (χ1v) is 20.6. The lowest BCUT2D eigenvalue weighted by molar-refractivity contribution is 0.116. The molecular weight excluding hydrogens is 457 g/mol. The van der Waals surface area contributed by atoms with E-state index in [9.17, 15) is 0 Å². The number of rotatable bonds is 17. The van der Waals surface area contributed by atoms with Crippen molar-refractivity contribution in [2.45, 2.75) is 69.9 Å². The summed E-state index contributed by atoms with van der Waals surface area (Å²) >= 11 is 0. The lowest BCUT2D eigenvalue weighted by Gasteiger charge is -2.41. The third-order valence-corrected chi connectivity index (χ3v) is 17.8. The molecule has 0 aromatic heterocycles. The minimum atomic E-state index is -2.55. The topological polar surface area (TPSA) is 62.0 Å². The van der Waals surface area contributed by atoms with Crippen LogP contribution in [0.3, 0.4) is 0 Å². The molecule has 1 aromatic carbocycles. The monoisotopic (exact) mass is 498 g/mol. The van der Waals surface area contributed by atoms with Crippen LogP contribution >= 0.6 is 0 Å². The fourth-order valence-corrected chi connectivity index (χ4v) is 17.5. The molecule has 0 saturated carbocycles. The third-order valence-electron chi connectivity index (χ3n) is 5.79. The van der Waals surface area contributed by atoms with E-state index in [2.05, 4.69) is 63.1 Å². The fraction of sp³-hybridized carbons (Fsp3) is 0.739. The van der Waals surface area contributed by atoms with E-state index in [-0.39, 0.29) is 0 Å². The predicted molar refractivity (Wildman–Crippen MR) is 135 cm³/mol. The van der Waals surface area contributed by atoms with Crippen LogP contribution in [0, 0.1) is 0 Å². The Hall–Kier alpha value is -0.369. The van der Waals surface area contributed by atoms with E-state index in [1.165, 1.54) is 5.19 Å². The molecule has 3 rings (SSSR count). The van der Waals surface area contributed by atoms with Gasteiger partial charge in [-0.3, -0.25) is 0 Å². The van der Waals surface area contributed by atoms with Crippen molar-refractivity contribution < 1.29 is 27.2 Å². The van der Waals surface area contributed by atoms with Gasteiger partial charge in [0.15, 0.2) is 16.6 Å². The smallest absolute Gasteiger partial charge is 0.348 e. The molecule has 1 unspecified atom stereocenters. The Morgan fingerprint density at radius 3 is 1.59 bits per heavy atom. The molecule has 0 aliphatic carbocycles. The molecule has 0 spiro atoms. The zero-order chi connectivity index (χ0) is 23.1. The van der Waals surface area contributed by atoms with Gasteiger partial charge in [-0.15, -0.1) is 0 Å². The highest BCUT2D eigenvalue weighted by Gasteiger charge is 2.44. The van der Waals surface area contributed by atoms with Crippen LogP contribution in [0.4, 0.5) is 0 Å². The van der Waals surface area contributed by atoms with Gasteiger partial charge >= 0.3 is 8.56 Å². The highest BCUT2D eigenvalue weighted by molar-refractivity contribution is 6.94. The van der Waals surface area contributed by atoms with Crippen molar-refractivity contribution in [3.63, 3.8) is 0 Å². The van der Waals surface area contributed by atoms with Crippen LogP contribution in [0.25, 0.3) is 0 Å². The maximum Gasteiger partial charge on any atom is 0.348 e. The second kappa shape index (κ2) is 11.9. The van der Waals surface area contributed by atoms with Crippen molar-refractivity contribution in [1.82, 2.24) is 0 Å². The normalized spacial score (nSPS) is 22.5. The Balaban J connectivity index is 1.53. The van der Waals surface area contributed by atoms with Crippen molar-refractivity contribution in [3.8, 4) is 0 Å². The van der Waals surface area contributed by atoms with E-state index in [1.807, 2.05) is 0 Å². The molecule has 3 atom stereocenters. The first-order valence-electron chi connectivity index (χ1n) is 12.0. The molecule has 2 aliphatic rings. The molecule has 2 saturated heterocycles. The summed E-state index contributed by atoms with van der Waals surface area (Å²) in [5.74, 6) is 0. The molecule has 2 fully saturated rings. The number of epoxide rings is 2. The van der Waals surface area contributed by atoms with Gasteiger partial charge in [-0.2, -0.15) is 0 Å². The molecule has 32 heavy (non-hydrogen) atoms. The van der Waals surface area contributed by atoms with Crippen LogP contribution in [-0.4, -0.2) is 77.0 Å². The van der Waals surface area contributed by atoms with Crippen LogP contribution in [0.15, 0.2) is 30.3 Å². The number of hydrogen-bond acceptors (Lipinski definition) is 6. The number of hydrogen-bond donors (Lipinski definition) is 0. The first kappa shape index (κ1) is 26.2. The van der Waals surface area contributed by atoms with Crippen LogP contribution in [0.1, 0.15) is 12.8 Å². The van der Waals surface area contributed by atoms with E-state index in [0.29, 0.717) is 12.2 Å². The van der Waals surface area contributed by atoms with E-state index in [1.54, 1.807) is 0 Å². The summed E-state index contributed by atoms with van der Waals surface area (Å²) in [4.78, 5) is 0. The summed E-state index contributed by atoms with van der Waals surface area (Å²) < 4.78 is 35.9. The van der Waals surface area contributed by atoms with Crippen LogP contribution in [0.2, 0.25) is 44.8 Å². The Kier molecular flexibility index (Phi) is 9.72. The Labute approximate surface area is 197 Å². The summed E-state index contributed by atoms with van der Waals surface area (Å²) in [7, 11) is -6.39. The van der Waals surface area contributed by atoms with Gasteiger partial charge < -0.3 is 27.2 Å². The van der Waals surface area contributed by atoms with Gasteiger partial charge in [-0.1, -0.05) is 30.3 Å². The second-order valence-electron chi connectivity index (χ2n) is 10.3.